The maximum Gasteiger partial charge on any atom is 0.340 e. The number of allylic oxidation sites excluding steroid dienone is 1. The Morgan fingerprint density at radius 2 is 2.27 bits per heavy atom. The minimum atomic E-state index is -1.00. The van der Waals surface area contributed by atoms with E-state index in [4.69, 9.17) is 14.6 Å². The zero-order chi connectivity index (χ0) is 11.5. The van der Waals surface area contributed by atoms with Gasteiger partial charge in [-0.25, -0.2) is 4.79 Å². The van der Waals surface area contributed by atoms with Gasteiger partial charge >= 0.3 is 5.97 Å². The number of ether oxygens (including phenoxy) is 2. The number of rotatable bonds is 3. The maximum absolute atomic E-state index is 11.0. The van der Waals surface area contributed by atoms with Crippen LogP contribution in [0.15, 0.2) is 11.8 Å². The van der Waals surface area contributed by atoms with Crippen molar-refractivity contribution in [2.75, 3.05) is 6.61 Å². The highest BCUT2D eigenvalue weighted by Crippen LogP contribution is 2.21. The predicted molar refractivity (Wildman–Crippen MR) is 55.5 cm³/mol. The second kappa shape index (κ2) is 4.66. The molecule has 1 aliphatic rings. The Kier molecular flexibility index (Phi) is 3.74. The summed E-state index contributed by atoms with van der Waals surface area (Å²) in [5, 5.41) is 9.04. The highest BCUT2D eigenvalue weighted by molar-refractivity contribution is 5.75. The highest BCUT2D eigenvalue weighted by Gasteiger charge is 2.30. The van der Waals surface area contributed by atoms with E-state index in [1.54, 1.807) is 6.08 Å². The molecule has 0 radical (unpaired) electrons. The van der Waals surface area contributed by atoms with Gasteiger partial charge in [0.2, 0.25) is 6.10 Å². The van der Waals surface area contributed by atoms with Gasteiger partial charge in [-0.2, -0.15) is 0 Å². The van der Waals surface area contributed by atoms with E-state index in [1.165, 1.54) is 0 Å². The highest BCUT2D eigenvalue weighted by atomic mass is 16.6. The molecule has 0 spiro atoms. The molecule has 1 atom stereocenters. The summed E-state index contributed by atoms with van der Waals surface area (Å²) in [6.45, 7) is 6.05. The van der Waals surface area contributed by atoms with Crippen LogP contribution in [0.4, 0.5) is 0 Å². The molecule has 0 bridgehead atoms. The molecule has 15 heavy (non-hydrogen) atoms. The standard InChI is InChI=1S/C11H18O4/c1-11(2,3)15-9(10(12)13)8-6-4-5-7-14-8/h6,9H,4-5,7H2,1-3H3,(H,12,13). The lowest BCUT2D eigenvalue weighted by atomic mass is 10.1. The first kappa shape index (κ1) is 12.0. The topological polar surface area (TPSA) is 55.8 Å². The van der Waals surface area contributed by atoms with Crippen LogP contribution in [0.5, 0.6) is 0 Å². The van der Waals surface area contributed by atoms with E-state index < -0.39 is 17.7 Å². The summed E-state index contributed by atoms with van der Waals surface area (Å²) in [4.78, 5) is 11.0. The zero-order valence-electron chi connectivity index (χ0n) is 9.45. The second-order valence-corrected chi connectivity index (χ2v) is 4.55. The summed E-state index contributed by atoms with van der Waals surface area (Å²) in [5.41, 5.74) is -0.495. The van der Waals surface area contributed by atoms with E-state index in [9.17, 15) is 4.79 Å². The Hall–Kier alpha value is -1.03. The lowest BCUT2D eigenvalue weighted by Crippen LogP contribution is -2.36. The third-order valence-electron chi connectivity index (χ3n) is 1.92. The molecule has 0 saturated heterocycles. The Morgan fingerprint density at radius 1 is 1.60 bits per heavy atom. The molecule has 1 rings (SSSR count). The fourth-order valence-electron chi connectivity index (χ4n) is 1.34. The van der Waals surface area contributed by atoms with E-state index in [-0.39, 0.29) is 0 Å². The van der Waals surface area contributed by atoms with Crippen molar-refractivity contribution in [3.8, 4) is 0 Å². The number of carboxylic acids is 1. The van der Waals surface area contributed by atoms with Gasteiger partial charge in [0.05, 0.1) is 12.2 Å². The Morgan fingerprint density at radius 3 is 2.67 bits per heavy atom. The van der Waals surface area contributed by atoms with Crippen LogP contribution >= 0.6 is 0 Å². The van der Waals surface area contributed by atoms with Crippen molar-refractivity contribution < 1.29 is 19.4 Å². The zero-order valence-corrected chi connectivity index (χ0v) is 9.45. The van der Waals surface area contributed by atoms with Crippen molar-refractivity contribution >= 4 is 5.97 Å². The average molecular weight is 214 g/mol. The molecule has 0 fully saturated rings. The van der Waals surface area contributed by atoms with Crippen LogP contribution in [0.1, 0.15) is 33.6 Å². The first-order valence-electron chi connectivity index (χ1n) is 5.13. The summed E-state index contributed by atoms with van der Waals surface area (Å²) in [7, 11) is 0. The number of hydrogen-bond acceptors (Lipinski definition) is 3. The quantitative estimate of drug-likeness (QED) is 0.780. The van der Waals surface area contributed by atoms with Crippen molar-refractivity contribution in [1.29, 1.82) is 0 Å². The molecule has 1 heterocycles. The summed E-state index contributed by atoms with van der Waals surface area (Å²) >= 11 is 0. The predicted octanol–water partition coefficient (Wildman–Crippen LogP) is 1.95. The third-order valence-corrected chi connectivity index (χ3v) is 1.92. The fourth-order valence-corrected chi connectivity index (χ4v) is 1.34. The van der Waals surface area contributed by atoms with Crippen molar-refractivity contribution in [2.24, 2.45) is 0 Å². The van der Waals surface area contributed by atoms with Gasteiger partial charge in [0.15, 0.2) is 0 Å². The molecule has 1 unspecified atom stereocenters. The van der Waals surface area contributed by atoms with Crippen LogP contribution in [0, 0.1) is 0 Å². The SMILES string of the molecule is CC(C)(C)OC(C(=O)O)C1=CCCCO1. The fraction of sp³-hybridized carbons (Fsp3) is 0.727. The van der Waals surface area contributed by atoms with E-state index in [2.05, 4.69) is 0 Å². The molecule has 0 amide bonds. The average Bonchev–Trinajstić information content (AvgIpc) is 2.14. The van der Waals surface area contributed by atoms with E-state index >= 15 is 0 Å². The van der Waals surface area contributed by atoms with Crippen LogP contribution in [-0.2, 0) is 14.3 Å². The molecule has 4 heteroatoms. The molecule has 0 aliphatic carbocycles. The maximum atomic E-state index is 11.0. The van der Waals surface area contributed by atoms with Gasteiger partial charge in [-0.15, -0.1) is 0 Å². The van der Waals surface area contributed by atoms with Crippen LogP contribution in [0.2, 0.25) is 0 Å². The summed E-state index contributed by atoms with van der Waals surface area (Å²) in [5.74, 6) is -0.568. The molecule has 0 aromatic heterocycles. The second-order valence-electron chi connectivity index (χ2n) is 4.55. The minimum Gasteiger partial charge on any atom is -0.495 e. The summed E-state index contributed by atoms with van der Waals surface area (Å²) < 4.78 is 10.7. The molecule has 86 valence electrons. The third kappa shape index (κ3) is 3.91. The van der Waals surface area contributed by atoms with Gasteiger partial charge in [-0.1, -0.05) is 0 Å². The van der Waals surface area contributed by atoms with Crippen molar-refractivity contribution in [3.63, 3.8) is 0 Å². The lowest BCUT2D eigenvalue weighted by Gasteiger charge is -2.27. The summed E-state index contributed by atoms with van der Waals surface area (Å²) in [6.07, 6.45) is 2.61. The molecule has 0 saturated carbocycles. The van der Waals surface area contributed by atoms with Crippen LogP contribution in [0.3, 0.4) is 0 Å². The molecular weight excluding hydrogens is 196 g/mol. The molecule has 0 aromatic rings. The Balaban J connectivity index is 2.73. The van der Waals surface area contributed by atoms with Crippen molar-refractivity contribution in [2.45, 2.75) is 45.3 Å². The monoisotopic (exact) mass is 214 g/mol. The summed E-state index contributed by atoms with van der Waals surface area (Å²) in [6, 6.07) is 0. The normalized spacial score (nSPS) is 19.0. The van der Waals surface area contributed by atoms with Gasteiger partial charge < -0.3 is 14.6 Å². The Labute approximate surface area is 89.9 Å². The van der Waals surface area contributed by atoms with Crippen LogP contribution < -0.4 is 0 Å². The largest absolute Gasteiger partial charge is 0.495 e. The Bertz CT molecular complexity index is 262. The number of carboxylic acid groups (broad SMARTS) is 1. The number of carbonyl (C=O) groups is 1. The molecule has 1 aliphatic heterocycles. The van der Waals surface area contributed by atoms with Crippen LogP contribution in [0.25, 0.3) is 0 Å². The van der Waals surface area contributed by atoms with Crippen molar-refractivity contribution in [3.05, 3.63) is 11.8 Å². The molecule has 0 aromatic carbocycles. The van der Waals surface area contributed by atoms with Crippen LogP contribution in [-0.4, -0.2) is 29.4 Å². The lowest BCUT2D eigenvalue weighted by molar-refractivity contribution is -0.159. The van der Waals surface area contributed by atoms with Gasteiger partial charge in [0, 0.05) is 0 Å². The number of hydrogen-bond donors (Lipinski definition) is 1. The molecule has 1 N–H and O–H groups in total. The van der Waals surface area contributed by atoms with Gasteiger partial charge in [0.25, 0.3) is 0 Å². The molecular formula is C11H18O4. The smallest absolute Gasteiger partial charge is 0.340 e. The van der Waals surface area contributed by atoms with E-state index in [1.807, 2.05) is 20.8 Å². The first-order chi connectivity index (χ1) is 6.90. The molecule has 4 nitrogen and oxygen atoms in total. The van der Waals surface area contributed by atoms with E-state index in [0.717, 1.165) is 12.8 Å². The number of aliphatic carboxylic acids is 1. The minimum absolute atomic E-state index is 0.434. The van der Waals surface area contributed by atoms with Gasteiger partial charge in [0.1, 0.15) is 5.76 Å². The van der Waals surface area contributed by atoms with Gasteiger partial charge in [-0.05, 0) is 39.7 Å². The van der Waals surface area contributed by atoms with E-state index in [0.29, 0.717) is 12.4 Å². The van der Waals surface area contributed by atoms with Gasteiger partial charge in [-0.3, -0.25) is 0 Å². The first-order valence-corrected chi connectivity index (χ1v) is 5.13. The van der Waals surface area contributed by atoms with Crippen molar-refractivity contribution in [1.82, 2.24) is 0 Å².